The molecule has 140 valence electrons. The summed E-state index contributed by atoms with van der Waals surface area (Å²) >= 11 is 0. The van der Waals surface area contributed by atoms with Crippen molar-refractivity contribution in [3.8, 4) is 0 Å². The van der Waals surface area contributed by atoms with Crippen molar-refractivity contribution in [3.63, 3.8) is 0 Å². The Bertz CT molecular complexity index is 463. The van der Waals surface area contributed by atoms with Crippen LogP contribution in [-0.4, -0.2) is 49.5 Å². The summed E-state index contributed by atoms with van der Waals surface area (Å²) in [7, 11) is 1.75. The molecule has 0 saturated heterocycles. The van der Waals surface area contributed by atoms with Crippen LogP contribution >= 0.6 is 24.0 Å². The Hall–Kier alpha value is -0.900. The number of aromatic nitrogens is 2. The number of ether oxygens (including phenoxy) is 1. The highest BCUT2D eigenvalue weighted by Crippen LogP contribution is 2.09. The predicted molar refractivity (Wildman–Crippen MR) is 107 cm³/mol. The molecule has 0 radical (unpaired) electrons. The molecular weight excluding hydrogens is 421 g/mol. The van der Waals surface area contributed by atoms with Gasteiger partial charge < -0.3 is 19.9 Å². The number of nitrogens with zero attached hydrogens (tertiary/aromatic N) is 3. The molecule has 24 heavy (non-hydrogen) atoms. The summed E-state index contributed by atoms with van der Waals surface area (Å²) < 4.78 is 10.8. The van der Waals surface area contributed by atoms with Gasteiger partial charge in [0.1, 0.15) is 0 Å². The standard InChI is InChI=1S/C16H31N5O2.HI/c1-12(2)7-10-22-11-9-19-16(17-5)18-8-6-14-20-15(13(3)4)21-23-14;/h12-13H,6-11H2,1-5H3,(H2,17,18,19);1H. The van der Waals surface area contributed by atoms with E-state index in [0.717, 1.165) is 31.4 Å². The molecule has 1 aromatic rings. The van der Waals surface area contributed by atoms with E-state index in [0.29, 0.717) is 31.4 Å². The van der Waals surface area contributed by atoms with Gasteiger partial charge in [0.25, 0.3) is 0 Å². The van der Waals surface area contributed by atoms with Crippen LogP contribution in [0.5, 0.6) is 0 Å². The largest absolute Gasteiger partial charge is 0.380 e. The van der Waals surface area contributed by atoms with E-state index in [9.17, 15) is 0 Å². The van der Waals surface area contributed by atoms with Gasteiger partial charge in [-0.25, -0.2) is 0 Å². The molecule has 0 aliphatic heterocycles. The number of nitrogens with one attached hydrogen (secondary N) is 2. The lowest BCUT2D eigenvalue weighted by Crippen LogP contribution is -2.39. The lowest BCUT2D eigenvalue weighted by atomic mass is 10.1. The van der Waals surface area contributed by atoms with Crippen LogP contribution in [0.25, 0.3) is 0 Å². The molecule has 7 nitrogen and oxygen atoms in total. The fourth-order valence-corrected chi connectivity index (χ4v) is 1.78. The third-order valence-electron chi connectivity index (χ3n) is 3.23. The molecule has 0 fully saturated rings. The third-order valence-corrected chi connectivity index (χ3v) is 3.23. The van der Waals surface area contributed by atoms with Gasteiger partial charge in [-0.1, -0.05) is 32.9 Å². The Morgan fingerprint density at radius 1 is 1.17 bits per heavy atom. The molecule has 8 heteroatoms. The van der Waals surface area contributed by atoms with Crippen molar-refractivity contribution in [2.24, 2.45) is 10.9 Å². The van der Waals surface area contributed by atoms with Crippen LogP contribution in [0.1, 0.15) is 51.7 Å². The monoisotopic (exact) mass is 453 g/mol. The van der Waals surface area contributed by atoms with Crippen molar-refractivity contribution in [1.82, 2.24) is 20.8 Å². The molecule has 1 heterocycles. The van der Waals surface area contributed by atoms with Gasteiger partial charge in [0.2, 0.25) is 5.89 Å². The lowest BCUT2D eigenvalue weighted by molar-refractivity contribution is 0.128. The molecule has 0 aromatic carbocycles. The Kier molecular flexibility index (Phi) is 12.9. The Labute approximate surface area is 162 Å². The average molecular weight is 453 g/mol. The van der Waals surface area contributed by atoms with Gasteiger partial charge in [0.15, 0.2) is 11.8 Å². The zero-order valence-corrected chi connectivity index (χ0v) is 17.8. The summed E-state index contributed by atoms with van der Waals surface area (Å²) in [6.07, 6.45) is 1.76. The summed E-state index contributed by atoms with van der Waals surface area (Å²) in [5.41, 5.74) is 0. The minimum atomic E-state index is 0. The maximum absolute atomic E-state index is 5.56. The van der Waals surface area contributed by atoms with E-state index < -0.39 is 0 Å². The van der Waals surface area contributed by atoms with Gasteiger partial charge in [-0.05, 0) is 12.3 Å². The highest BCUT2D eigenvalue weighted by Gasteiger charge is 2.09. The molecule has 0 atom stereocenters. The highest BCUT2D eigenvalue weighted by atomic mass is 127. The van der Waals surface area contributed by atoms with E-state index >= 15 is 0 Å². The third kappa shape index (κ3) is 10.1. The van der Waals surface area contributed by atoms with Gasteiger partial charge in [0, 0.05) is 39.1 Å². The maximum Gasteiger partial charge on any atom is 0.228 e. The maximum atomic E-state index is 5.56. The number of aliphatic imine (C=N–C) groups is 1. The number of hydrogen-bond donors (Lipinski definition) is 2. The molecule has 0 unspecified atom stereocenters. The van der Waals surface area contributed by atoms with Gasteiger partial charge in [-0.3, -0.25) is 4.99 Å². The first kappa shape index (κ1) is 23.1. The van der Waals surface area contributed by atoms with E-state index in [1.165, 1.54) is 0 Å². The minimum absolute atomic E-state index is 0. The summed E-state index contributed by atoms with van der Waals surface area (Å²) in [6.45, 7) is 11.4. The van der Waals surface area contributed by atoms with E-state index in [-0.39, 0.29) is 29.9 Å². The number of halogens is 1. The van der Waals surface area contributed by atoms with Crippen LogP contribution in [0.3, 0.4) is 0 Å². The first-order valence-electron chi connectivity index (χ1n) is 8.37. The zero-order valence-electron chi connectivity index (χ0n) is 15.5. The van der Waals surface area contributed by atoms with Gasteiger partial charge >= 0.3 is 0 Å². The van der Waals surface area contributed by atoms with Crippen molar-refractivity contribution >= 4 is 29.9 Å². The quantitative estimate of drug-likeness (QED) is 0.245. The van der Waals surface area contributed by atoms with Crippen molar-refractivity contribution in [2.75, 3.05) is 33.4 Å². The molecule has 1 aromatic heterocycles. The van der Waals surface area contributed by atoms with Crippen LogP contribution in [0.2, 0.25) is 0 Å². The first-order chi connectivity index (χ1) is 11.0. The van der Waals surface area contributed by atoms with Crippen molar-refractivity contribution < 1.29 is 9.26 Å². The van der Waals surface area contributed by atoms with Gasteiger partial charge in [-0.15, -0.1) is 24.0 Å². The Balaban J connectivity index is 0.00000529. The minimum Gasteiger partial charge on any atom is -0.380 e. The normalized spacial score (nSPS) is 11.7. The summed E-state index contributed by atoms with van der Waals surface area (Å²) in [5, 5.41) is 10.4. The fraction of sp³-hybridized carbons (Fsp3) is 0.812. The van der Waals surface area contributed by atoms with E-state index in [2.05, 4.69) is 39.6 Å². The molecule has 0 aliphatic carbocycles. The SMILES string of the molecule is CN=C(NCCOCCC(C)C)NCCc1nc(C(C)C)no1.I. The predicted octanol–water partition coefficient (Wildman–Crippen LogP) is 2.58. The fourth-order valence-electron chi connectivity index (χ4n) is 1.78. The van der Waals surface area contributed by atoms with Crippen molar-refractivity contribution in [2.45, 2.75) is 46.5 Å². The van der Waals surface area contributed by atoms with Crippen LogP contribution in [0.4, 0.5) is 0 Å². The van der Waals surface area contributed by atoms with Crippen LogP contribution in [0, 0.1) is 5.92 Å². The Morgan fingerprint density at radius 2 is 1.88 bits per heavy atom. The Morgan fingerprint density at radius 3 is 2.46 bits per heavy atom. The molecule has 1 rings (SSSR count). The average Bonchev–Trinajstić information content (AvgIpc) is 2.97. The zero-order chi connectivity index (χ0) is 17.1. The molecular formula is C16H32IN5O2. The van der Waals surface area contributed by atoms with Gasteiger partial charge in [0.05, 0.1) is 6.61 Å². The van der Waals surface area contributed by atoms with Crippen molar-refractivity contribution in [1.29, 1.82) is 0 Å². The number of hydrogen-bond acceptors (Lipinski definition) is 5. The van der Waals surface area contributed by atoms with Gasteiger partial charge in [-0.2, -0.15) is 4.98 Å². The summed E-state index contributed by atoms with van der Waals surface area (Å²) in [4.78, 5) is 8.52. The lowest BCUT2D eigenvalue weighted by Gasteiger charge is -2.11. The first-order valence-corrected chi connectivity index (χ1v) is 8.37. The molecule has 0 amide bonds. The second kappa shape index (κ2) is 13.4. The van der Waals surface area contributed by atoms with E-state index in [1.807, 2.05) is 13.8 Å². The second-order valence-corrected chi connectivity index (χ2v) is 6.17. The van der Waals surface area contributed by atoms with E-state index in [4.69, 9.17) is 9.26 Å². The molecule has 0 bridgehead atoms. The van der Waals surface area contributed by atoms with Crippen LogP contribution < -0.4 is 10.6 Å². The highest BCUT2D eigenvalue weighted by molar-refractivity contribution is 14.0. The van der Waals surface area contributed by atoms with E-state index in [1.54, 1.807) is 7.05 Å². The number of rotatable bonds is 10. The molecule has 2 N–H and O–H groups in total. The summed E-state index contributed by atoms with van der Waals surface area (Å²) in [6, 6.07) is 0. The molecule has 0 aliphatic rings. The topological polar surface area (TPSA) is 84.6 Å². The van der Waals surface area contributed by atoms with Crippen LogP contribution in [-0.2, 0) is 11.2 Å². The molecule has 0 spiro atoms. The number of guanidine groups is 1. The summed E-state index contributed by atoms with van der Waals surface area (Å²) in [5.74, 6) is 3.11. The van der Waals surface area contributed by atoms with Crippen LogP contribution in [0.15, 0.2) is 9.52 Å². The smallest absolute Gasteiger partial charge is 0.228 e. The molecule has 0 saturated carbocycles. The van der Waals surface area contributed by atoms with Crippen molar-refractivity contribution in [3.05, 3.63) is 11.7 Å². The second-order valence-electron chi connectivity index (χ2n) is 6.17.